The van der Waals surface area contributed by atoms with Crippen LogP contribution in [-0.2, 0) is 14.3 Å². The summed E-state index contributed by atoms with van der Waals surface area (Å²) in [7, 11) is 0. The Morgan fingerprint density at radius 1 is 1.00 bits per heavy atom. The molecule has 0 aromatic heterocycles. The summed E-state index contributed by atoms with van der Waals surface area (Å²) < 4.78 is 5.19. The standard InChI is InChI=1S/C23H24O3/c1-4-26-23(25)22-20(18-11-7-16(3)8-12-18)13-19(14-21(22)24)17-9-5-15(2)6-10-17/h5-12,14,20,22H,4,13H2,1-3H3/t20-,22-/m1/s1. The van der Waals surface area contributed by atoms with Crippen molar-refractivity contribution < 1.29 is 14.3 Å². The quantitative estimate of drug-likeness (QED) is 0.598. The maximum Gasteiger partial charge on any atom is 0.317 e. The number of ketones is 1. The van der Waals surface area contributed by atoms with Crippen LogP contribution in [0.1, 0.15) is 41.5 Å². The van der Waals surface area contributed by atoms with Crippen LogP contribution in [-0.4, -0.2) is 18.4 Å². The van der Waals surface area contributed by atoms with E-state index in [2.05, 4.69) is 0 Å². The third kappa shape index (κ3) is 3.77. The lowest BCUT2D eigenvalue weighted by molar-refractivity contribution is -0.151. The third-order valence-electron chi connectivity index (χ3n) is 4.93. The van der Waals surface area contributed by atoms with E-state index < -0.39 is 11.9 Å². The minimum Gasteiger partial charge on any atom is -0.465 e. The molecule has 0 heterocycles. The molecule has 0 radical (unpaired) electrons. The number of hydrogen-bond donors (Lipinski definition) is 0. The normalized spacial score (nSPS) is 19.8. The summed E-state index contributed by atoms with van der Waals surface area (Å²) in [5, 5.41) is 0. The van der Waals surface area contributed by atoms with Crippen LogP contribution >= 0.6 is 0 Å². The van der Waals surface area contributed by atoms with Crippen molar-refractivity contribution in [2.75, 3.05) is 6.61 Å². The largest absolute Gasteiger partial charge is 0.465 e. The zero-order chi connectivity index (χ0) is 18.7. The second-order valence-electron chi connectivity index (χ2n) is 6.89. The first-order chi connectivity index (χ1) is 12.5. The molecule has 0 saturated heterocycles. The van der Waals surface area contributed by atoms with Crippen molar-refractivity contribution in [2.24, 2.45) is 5.92 Å². The Hall–Kier alpha value is -2.68. The Labute approximate surface area is 154 Å². The van der Waals surface area contributed by atoms with Gasteiger partial charge in [0.25, 0.3) is 0 Å². The van der Waals surface area contributed by atoms with Gasteiger partial charge in [0.2, 0.25) is 0 Å². The van der Waals surface area contributed by atoms with E-state index in [0.717, 1.165) is 22.3 Å². The van der Waals surface area contributed by atoms with Crippen LogP contribution in [0.15, 0.2) is 54.6 Å². The number of ether oxygens (including phenoxy) is 1. The molecule has 0 amide bonds. The van der Waals surface area contributed by atoms with Gasteiger partial charge >= 0.3 is 5.97 Å². The monoisotopic (exact) mass is 348 g/mol. The molecule has 0 N–H and O–H groups in total. The number of esters is 1. The number of aryl methyl sites for hydroxylation is 2. The molecule has 0 aliphatic heterocycles. The van der Waals surface area contributed by atoms with E-state index in [1.165, 1.54) is 5.56 Å². The van der Waals surface area contributed by atoms with Crippen molar-refractivity contribution in [2.45, 2.75) is 33.1 Å². The molecule has 3 rings (SSSR count). The number of rotatable bonds is 4. The Bertz CT molecular complexity index is 829. The Morgan fingerprint density at radius 3 is 2.15 bits per heavy atom. The van der Waals surface area contributed by atoms with Gasteiger partial charge < -0.3 is 4.74 Å². The highest BCUT2D eigenvalue weighted by Crippen LogP contribution is 2.40. The van der Waals surface area contributed by atoms with Gasteiger partial charge in [-0.1, -0.05) is 59.7 Å². The van der Waals surface area contributed by atoms with Crippen LogP contribution in [0, 0.1) is 19.8 Å². The van der Waals surface area contributed by atoms with Crippen LogP contribution < -0.4 is 0 Å². The zero-order valence-electron chi connectivity index (χ0n) is 15.5. The summed E-state index contributed by atoms with van der Waals surface area (Å²) in [6, 6.07) is 16.2. The van der Waals surface area contributed by atoms with E-state index in [9.17, 15) is 9.59 Å². The molecule has 0 bridgehead atoms. The number of allylic oxidation sites excluding steroid dienone is 2. The van der Waals surface area contributed by atoms with Gasteiger partial charge in [-0.15, -0.1) is 0 Å². The number of hydrogen-bond acceptors (Lipinski definition) is 3. The molecule has 2 atom stereocenters. The van der Waals surface area contributed by atoms with Gasteiger partial charge in [0.15, 0.2) is 5.78 Å². The predicted molar refractivity (Wildman–Crippen MR) is 103 cm³/mol. The molecule has 1 aliphatic carbocycles. The van der Waals surface area contributed by atoms with Crippen LogP contribution in [0.3, 0.4) is 0 Å². The first-order valence-corrected chi connectivity index (χ1v) is 9.04. The zero-order valence-corrected chi connectivity index (χ0v) is 15.5. The van der Waals surface area contributed by atoms with Crippen LogP contribution in [0.25, 0.3) is 5.57 Å². The molecule has 0 saturated carbocycles. The molecule has 134 valence electrons. The van der Waals surface area contributed by atoms with Gasteiger partial charge in [0.1, 0.15) is 5.92 Å². The first-order valence-electron chi connectivity index (χ1n) is 9.04. The molecule has 1 aliphatic rings. The molecule has 3 heteroatoms. The summed E-state index contributed by atoms with van der Waals surface area (Å²) in [4.78, 5) is 25.3. The summed E-state index contributed by atoms with van der Waals surface area (Å²) in [5.74, 6) is -1.58. The lowest BCUT2D eigenvalue weighted by Gasteiger charge is -2.29. The molecule has 3 nitrogen and oxygen atoms in total. The summed E-state index contributed by atoms with van der Waals surface area (Å²) in [6.07, 6.45) is 2.26. The Morgan fingerprint density at radius 2 is 1.58 bits per heavy atom. The van der Waals surface area contributed by atoms with Crippen molar-refractivity contribution in [1.29, 1.82) is 0 Å². The Balaban J connectivity index is 2.01. The van der Waals surface area contributed by atoms with Crippen molar-refractivity contribution in [1.82, 2.24) is 0 Å². The van der Waals surface area contributed by atoms with Gasteiger partial charge in [-0.25, -0.2) is 0 Å². The van der Waals surface area contributed by atoms with Gasteiger partial charge in [0, 0.05) is 5.92 Å². The van der Waals surface area contributed by atoms with E-state index in [0.29, 0.717) is 6.42 Å². The van der Waals surface area contributed by atoms with Gasteiger partial charge in [-0.3, -0.25) is 9.59 Å². The third-order valence-corrected chi connectivity index (χ3v) is 4.93. The molecule has 2 aromatic carbocycles. The number of carbonyl (C=O) groups is 2. The van der Waals surface area contributed by atoms with Crippen molar-refractivity contribution in [3.8, 4) is 0 Å². The fourth-order valence-electron chi connectivity index (χ4n) is 3.48. The topological polar surface area (TPSA) is 43.4 Å². The molecular formula is C23H24O3. The van der Waals surface area contributed by atoms with Gasteiger partial charge in [-0.2, -0.15) is 0 Å². The van der Waals surface area contributed by atoms with Crippen LogP contribution in [0.4, 0.5) is 0 Å². The van der Waals surface area contributed by atoms with Gasteiger partial charge in [0.05, 0.1) is 6.61 Å². The maximum atomic E-state index is 12.8. The fraction of sp³-hybridized carbons (Fsp3) is 0.304. The van der Waals surface area contributed by atoms with Crippen LogP contribution in [0.5, 0.6) is 0 Å². The minimum absolute atomic E-state index is 0.171. The molecular weight excluding hydrogens is 324 g/mol. The van der Waals surface area contributed by atoms with E-state index in [1.54, 1.807) is 13.0 Å². The van der Waals surface area contributed by atoms with E-state index in [-0.39, 0.29) is 18.3 Å². The highest BCUT2D eigenvalue weighted by molar-refractivity contribution is 6.10. The number of benzene rings is 2. The maximum absolute atomic E-state index is 12.8. The molecule has 0 spiro atoms. The first kappa shape index (κ1) is 18.1. The van der Waals surface area contributed by atoms with E-state index >= 15 is 0 Å². The average molecular weight is 348 g/mol. The van der Waals surface area contributed by atoms with Crippen molar-refractivity contribution in [3.63, 3.8) is 0 Å². The SMILES string of the molecule is CCOC(=O)[C@H]1C(=O)C=C(c2ccc(C)cc2)C[C@@H]1c1ccc(C)cc1. The highest BCUT2D eigenvalue weighted by atomic mass is 16.5. The summed E-state index contributed by atoms with van der Waals surface area (Å²) in [6.45, 7) is 6.10. The number of carbonyl (C=O) groups excluding carboxylic acids is 2. The van der Waals surface area contributed by atoms with Gasteiger partial charge in [-0.05, 0) is 50.0 Å². The molecule has 0 fully saturated rings. The molecule has 0 unspecified atom stereocenters. The summed E-state index contributed by atoms with van der Waals surface area (Å²) in [5.41, 5.74) is 5.33. The lowest BCUT2D eigenvalue weighted by Crippen LogP contribution is -2.34. The predicted octanol–water partition coefficient (Wildman–Crippen LogP) is 4.62. The molecule has 2 aromatic rings. The highest BCUT2D eigenvalue weighted by Gasteiger charge is 2.39. The van der Waals surface area contributed by atoms with Crippen LogP contribution in [0.2, 0.25) is 0 Å². The lowest BCUT2D eigenvalue weighted by atomic mass is 9.73. The second kappa shape index (κ2) is 7.69. The second-order valence-corrected chi connectivity index (χ2v) is 6.89. The molecule has 26 heavy (non-hydrogen) atoms. The summed E-state index contributed by atoms with van der Waals surface area (Å²) >= 11 is 0. The average Bonchev–Trinajstić information content (AvgIpc) is 2.62. The van der Waals surface area contributed by atoms with Crippen molar-refractivity contribution >= 4 is 17.3 Å². The van der Waals surface area contributed by atoms with E-state index in [1.807, 2.05) is 62.4 Å². The fourth-order valence-corrected chi connectivity index (χ4v) is 3.48. The smallest absolute Gasteiger partial charge is 0.317 e. The van der Waals surface area contributed by atoms with Crippen molar-refractivity contribution in [3.05, 3.63) is 76.9 Å². The minimum atomic E-state index is -0.771. The Kier molecular flexibility index (Phi) is 5.36. The van der Waals surface area contributed by atoms with E-state index in [4.69, 9.17) is 4.74 Å².